The molecule has 7 aromatic heterocycles. The first-order chi connectivity index (χ1) is 17.1. The van der Waals surface area contributed by atoms with Crippen LogP contribution in [0.25, 0.3) is 50.4 Å². The van der Waals surface area contributed by atoms with Crippen molar-refractivity contribution in [3.8, 4) is 0 Å². The highest BCUT2D eigenvalue weighted by molar-refractivity contribution is 5.95. The van der Waals surface area contributed by atoms with Crippen LogP contribution in [-0.4, -0.2) is 43.1 Å². The van der Waals surface area contributed by atoms with E-state index >= 15 is 0 Å². The molecule has 0 radical (unpaired) electrons. The Kier molecular flexibility index (Phi) is 3.85. The summed E-state index contributed by atoms with van der Waals surface area (Å²) in [4.78, 5) is 29.9. The van der Waals surface area contributed by atoms with Gasteiger partial charge in [-0.25, -0.2) is 28.2 Å². The van der Waals surface area contributed by atoms with E-state index in [4.69, 9.17) is 29.9 Å². The lowest BCUT2D eigenvalue weighted by atomic mass is 10.1. The number of pyridine rings is 3. The van der Waals surface area contributed by atoms with Gasteiger partial charge >= 0.3 is 0 Å². The van der Waals surface area contributed by atoms with Crippen molar-refractivity contribution in [1.29, 1.82) is 0 Å². The maximum atomic E-state index is 5.18. The summed E-state index contributed by atoms with van der Waals surface area (Å²) >= 11 is 0. The van der Waals surface area contributed by atoms with Crippen molar-refractivity contribution >= 4 is 50.4 Å². The highest BCUT2D eigenvalue weighted by atomic mass is 15.3. The van der Waals surface area contributed by atoms with Gasteiger partial charge in [-0.2, -0.15) is 0 Å². The highest BCUT2D eigenvalue weighted by Crippen LogP contribution is 2.34. The van der Waals surface area contributed by atoms with Crippen LogP contribution in [0, 0.1) is 62.3 Å². The Morgan fingerprint density at radius 1 is 0.333 bits per heavy atom. The minimum absolute atomic E-state index is 0.775. The van der Waals surface area contributed by atoms with Crippen LogP contribution < -0.4 is 0 Å². The zero-order valence-corrected chi connectivity index (χ0v) is 22.0. The zero-order valence-electron chi connectivity index (χ0n) is 22.0. The van der Waals surface area contributed by atoms with Crippen molar-refractivity contribution in [3.05, 3.63) is 50.9 Å². The standard InChI is InChI=1S/C27H27N9/c1-10-13(4)28-16(7)19-22(10)34-25(31-19)35-24-12(3)15(6)30-18(9)21(24)33-27(35)36-23-11(2)14(5)29-17(8)20(23)32-26(34)36/h1-9H3. The Labute approximate surface area is 206 Å². The summed E-state index contributed by atoms with van der Waals surface area (Å²) in [7, 11) is 0. The second-order valence-corrected chi connectivity index (χ2v) is 10.1. The summed E-state index contributed by atoms with van der Waals surface area (Å²) in [6, 6.07) is 0. The third kappa shape index (κ3) is 2.31. The Bertz CT molecular complexity index is 1860. The fourth-order valence-electron chi connectivity index (χ4n) is 5.72. The molecule has 36 heavy (non-hydrogen) atoms. The lowest BCUT2D eigenvalue weighted by Gasteiger charge is -2.09. The molecule has 9 nitrogen and oxygen atoms in total. The van der Waals surface area contributed by atoms with Crippen LogP contribution in [0.2, 0.25) is 0 Å². The molecule has 0 unspecified atom stereocenters. The van der Waals surface area contributed by atoms with E-state index in [1.54, 1.807) is 0 Å². The number of hydrogen-bond acceptors (Lipinski definition) is 6. The number of nitrogens with zero attached hydrogens (tertiary/aromatic N) is 9. The second-order valence-electron chi connectivity index (χ2n) is 10.1. The van der Waals surface area contributed by atoms with Gasteiger partial charge in [-0.1, -0.05) is 0 Å². The summed E-state index contributed by atoms with van der Waals surface area (Å²) in [5.74, 6) is 2.32. The number of aryl methyl sites for hydroxylation is 9. The Morgan fingerprint density at radius 2 is 0.583 bits per heavy atom. The molecule has 0 saturated heterocycles. The van der Waals surface area contributed by atoms with Crippen molar-refractivity contribution in [2.24, 2.45) is 0 Å². The third-order valence-electron chi connectivity index (χ3n) is 7.91. The zero-order chi connectivity index (χ0) is 25.4. The minimum atomic E-state index is 0.775. The molecule has 7 heterocycles. The third-order valence-corrected chi connectivity index (χ3v) is 7.91. The maximum Gasteiger partial charge on any atom is 0.225 e. The van der Waals surface area contributed by atoms with Crippen molar-refractivity contribution in [2.45, 2.75) is 62.3 Å². The fourth-order valence-corrected chi connectivity index (χ4v) is 5.72. The van der Waals surface area contributed by atoms with Crippen molar-refractivity contribution in [1.82, 2.24) is 43.1 Å². The normalized spacial score (nSPS) is 12.6. The van der Waals surface area contributed by atoms with E-state index in [1.165, 1.54) is 0 Å². The Morgan fingerprint density at radius 3 is 0.833 bits per heavy atom. The number of imidazole rings is 3. The molecule has 0 aliphatic rings. The van der Waals surface area contributed by atoms with E-state index in [2.05, 4.69) is 54.7 Å². The molecule has 9 heteroatoms. The molecule has 0 atom stereocenters. The van der Waals surface area contributed by atoms with Gasteiger partial charge in [-0.05, 0) is 79.0 Å². The molecule has 0 N–H and O–H groups in total. The topological polar surface area (TPSA) is 90.6 Å². The quantitative estimate of drug-likeness (QED) is 0.304. The first kappa shape index (κ1) is 21.2. The maximum absolute atomic E-state index is 5.18. The molecule has 0 aliphatic carbocycles. The van der Waals surface area contributed by atoms with Gasteiger partial charge < -0.3 is 0 Å². The predicted molar refractivity (Wildman–Crippen MR) is 141 cm³/mol. The highest BCUT2D eigenvalue weighted by Gasteiger charge is 2.26. The van der Waals surface area contributed by atoms with E-state index in [-0.39, 0.29) is 0 Å². The molecule has 180 valence electrons. The van der Waals surface area contributed by atoms with Crippen LogP contribution in [-0.2, 0) is 0 Å². The van der Waals surface area contributed by atoms with E-state index < -0.39 is 0 Å². The van der Waals surface area contributed by atoms with E-state index in [1.807, 2.05) is 20.8 Å². The van der Waals surface area contributed by atoms with Crippen LogP contribution >= 0.6 is 0 Å². The first-order valence-electron chi connectivity index (χ1n) is 12.2. The molecular formula is C27H27N9. The van der Waals surface area contributed by atoms with Gasteiger partial charge in [-0.15, -0.1) is 0 Å². The Hall–Kier alpha value is -4.14. The number of rotatable bonds is 0. The molecule has 0 spiro atoms. The first-order valence-corrected chi connectivity index (χ1v) is 12.2. The monoisotopic (exact) mass is 477 g/mol. The van der Waals surface area contributed by atoms with Crippen LogP contribution in [0.4, 0.5) is 0 Å². The van der Waals surface area contributed by atoms with Gasteiger partial charge in [0.1, 0.15) is 16.6 Å². The SMILES string of the molecule is Cc1nc(C)c2nc3n(c2c1C)c1nc2c(C)nc(C)c(C)c2n1c1nc2c(C)nc(C)c(C)c2n31. The molecule has 0 aliphatic heterocycles. The van der Waals surface area contributed by atoms with Gasteiger partial charge in [0.05, 0.1) is 33.6 Å². The number of hydrogen-bond donors (Lipinski definition) is 0. The molecule has 0 fully saturated rings. The molecule has 0 saturated carbocycles. The smallest absolute Gasteiger partial charge is 0.225 e. The molecule has 0 bridgehead atoms. The fraction of sp³-hybridized carbons (Fsp3) is 0.333. The predicted octanol–water partition coefficient (Wildman–Crippen LogP) is 5.05. The minimum Gasteiger partial charge on any atom is -0.256 e. The molecule has 0 amide bonds. The summed E-state index contributed by atoms with van der Waals surface area (Å²) in [6.45, 7) is 18.6. The summed E-state index contributed by atoms with van der Waals surface area (Å²) < 4.78 is 6.54. The number of aromatic nitrogens is 9. The van der Waals surface area contributed by atoms with Crippen LogP contribution in [0.3, 0.4) is 0 Å². The molecule has 7 aromatic rings. The van der Waals surface area contributed by atoms with E-state index in [0.717, 1.165) is 101 Å². The van der Waals surface area contributed by atoms with Crippen molar-refractivity contribution in [3.63, 3.8) is 0 Å². The molecular weight excluding hydrogens is 450 g/mol. The Balaban J connectivity index is 1.96. The average molecular weight is 478 g/mol. The molecule has 7 rings (SSSR count). The van der Waals surface area contributed by atoms with Gasteiger partial charge in [0.15, 0.2) is 0 Å². The second kappa shape index (κ2) is 6.54. The van der Waals surface area contributed by atoms with Gasteiger partial charge in [0.2, 0.25) is 17.3 Å². The van der Waals surface area contributed by atoms with Gasteiger partial charge in [0, 0.05) is 17.1 Å². The van der Waals surface area contributed by atoms with Crippen LogP contribution in [0.15, 0.2) is 0 Å². The average Bonchev–Trinajstić information content (AvgIpc) is 3.51. The van der Waals surface area contributed by atoms with Gasteiger partial charge in [-0.3, -0.25) is 15.0 Å². The van der Waals surface area contributed by atoms with Crippen molar-refractivity contribution < 1.29 is 0 Å². The van der Waals surface area contributed by atoms with E-state index in [0.29, 0.717) is 0 Å². The van der Waals surface area contributed by atoms with Crippen LogP contribution in [0.1, 0.15) is 50.9 Å². The summed E-state index contributed by atoms with van der Waals surface area (Å²) in [6.07, 6.45) is 0. The number of fused-ring (bicyclic) bond motifs is 12. The summed E-state index contributed by atoms with van der Waals surface area (Å²) in [5, 5.41) is 0. The lowest BCUT2D eigenvalue weighted by Crippen LogP contribution is -2.06. The van der Waals surface area contributed by atoms with Crippen LogP contribution in [0.5, 0.6) is 0 Å². The summed E-state index contributed by atoms with van der Waals surface area (Å²) in [5.41, 5.74) is 14.7. The van der Waals surface area contributed by atoms with Crippen molar-refractivity contribution in [2.75, 3.05) is 0 Å². The lowest BCUT2D eigenvalue weighted by molar-refractivity contribution is 1.01. The largest absolute Gasteiger partial charge is 0.256 e. The molecule has 0 aromatic carbocycles. The van der Waals surface area contributed by atoms with Gasteiger partial charge in [0.25, 0.3) is 0 Å². The van der Waals surface area contributed by atoms with E-state index in [9.17, 15) is 0 Å².